The molecule has 2 aliphatic heterocycles. The Hall–Kier alpha value is -2.43. The largest absolute Gasteiger partial charge is 0.493 e. The molecule has 0 aromatic heterocycles. The number of halogens is 2. The highest BCUT2D eigenvalue weighted by Gasteiger charge is 2.59. The number of hydrazone groups is 1. The first-order chi connectivity index (χ1) is 16.4. The molecule has 34 heavy (non-hydrogen) atoms. The van der Waals surface area contributed by atoms with Gasteiger partial charge in [-0.2, -0.15) is 10.1 Å². The number of fused-ring (bicyclic) bond motifs is 5. The number of morpholine rings is 1. The second kappa shape index (κ2) is 9.31. The summed E-state index contributed by atoms with van der Waals surface area (Å²) in [5.41, 5.74) is 0.493. The molecule has 9 nitrogen and oxygen atoms in total. The SMILES string of the molecule is COc1cc(C=NN2C(=O)[C@@H]3[C@H](C2=O)[C@H]2C=C[C@H]3C2)c(Br)c(Cl)c1OCC(=O)N1CCOCC1. The number of hydrogen-bond acceptors (Lipinski definition) is 7. The predicted octanol–water partition coefficient (Wildman–Crippen LogP) is 2.49. The Morgan fingerprint density at radius 1 is 1.24 bits per heavy atom. The molecule has 3 amide bonds. The van der Waals surface area contributed by atoms with Crippen LogP contribution in [0.1, 0.15) is 12.0 Å². The lowest BCUT2D eigenvalue weighted by molar-refractivity contribution is -0.140. The van der Waals surface area contributed by atoms with Gasteiger partial charge in [0.1, 0.15) is 5.02 Å². The topological polar surface area (TPSA) is 97.7 Å². The summed E-state index contributed by atoms with van der Waals surface area (Å²) in [6.07, 6.45) is 6.33. The fourth-order valence-electron chi connectivity index (χ4n) is 5.14. The van der Waals surface area contributed by atoms with E-state index < -0.39 is 0 Å². The smallest absolute Gasteiger partial charge is 0.260 e. The Balaban J connectivity index is 1.32. The maximum atomic E-state index is 12.8. The van der Waals surface area contributed by atoms with Gasteiger partial charge in [0.05, 0.1) is 38.4 Å². The lowest BCUT2D eigenvalue weighted by Gasteiger charge is -2.27. The van der Waals surface area contributed by atoms with Crippen LogP contribution in [-0.4, -0.2) is 73.9 Å². The molecule has 4 aliphatic rings. The molecule has 2 bridgehead atoms. The summed E-state index contributed by atoms with van der Waals surface area (Å²) in [6, 6.07) is 1.62. The van der Waals surface area contributed by atoms with E-state index in [1.807, 2.05) is 12.2 Å². The molecule has 2 aliphatic carbocycles. The van der Waals surface area contributed by atoms with E-state index in [0.717, 1.165) is 11.4 Å². The van der Waals surface area contributed by atoms with Gasteiger partial charge in [-0.05, 0) is 40.3 Å². The molecule has 3 fully saturated rings. The van der Waals surface area contributed by atoms with Crippen LogP contribution in [0.25, 0.3) is 0 Å². The van der Waals surface area contributed by atoms with Gasteiger partial charge >= 0.3 is 0 Å². The molecule has 11 heteroatoms. The van der Waals surface area contributed by atoms with E-state index in [2.05, 4.69) is 21.0 Å². The van der Waals surface area contributed by atoms with Crippen molar-refractivity contribution in [3.8, 4) is 11.5 Å². The summed E-state index contributed by atoms with van der Waals surface area (Å²) in [6.45, 7) is 1.82. The van der Waals surface area contributed by atoms with Gasteiger partial charge in [-0.15, -0.1) is 0 Å². The third-order valence-electron chi connectivity index (χ3n) is 6.84. The van der Waals surface area contributed by atoms with Crippen molar-refractivity contribution in [2.45, 2.75) is 6.42 Å². The molecule has 0 unspecified atom stereocenters. The number of ether oxygens (including phenoxy) is 3. The van der Waals surface area contributed by atoms with E-state index >= 15 is 0 Å². The lowest BCUT2D eigenvalue weighted by atomic mass is 9.85. The number of benzene rings is 1. The molecule has 180 valence electrons. The lowest BCUT2D eigenvalue weighted by Crippen LogP contribution is -2.43. The monoisotopic (exact) mass is 551 g/mol. The van der Waals surface area contributed by atoms with Gasteiger partial charge in [0.15, 0.2) is 18.1 Å². The Bertz CT molecular complexity index is 1070. The van der Waals surface area contributed by atoms with E-state index in [4.69, 9.17) is 25.8 Å². The number of allylic oxidation sites excluding steroid dienone is 2. The van der Waals surface area contributed by atoms with Gasteiger partial charge in [0, 0.05) is 23.1 Å². The number of rotatable bonds is 6. The summed E-state index contributed by atoms with van der Waals surface area (Å²) in [5, 5.41) is 5.36. The standard InChI is InChI=1S/C23H23BrClN3O6/c1-32-15-9-14(10-26-28-22(30)17-12-2-3-13(8-12)18(17)23(28)31)19(24)20(25)21(15)34-11-16(29)27-4-6-33-7-5-27/h2-3,9-10,12-13,17-18H,4-8,11H2,1H3/t12-,13-,17-,18+/m0/s1. The molecular weight excluding hydrogens is 530 g/mol. The fraction of sp³-hybridized carbons (Fsp3) is 0.478. The second-order valence-electron chi connectivity index (χ2n) is 8.64. The van der Waals surface area contributed by atoms with Crippen LogP contribution in [0.15, 0.2) is 27.8 Å². The Morgan fingerprint density at radius 3 is 2.50 bits per heavy atom. The molecule has 2 heterocycles. The van der Waals surface area contributed by atoms with Crippen LogP contribution in [-0.2, 0) is 19.1 Å². The first-order valence-electron chi connectivity index (χ1n) is 11.0. The van der Waals surface area contributed by atoms with E-state index in [1.54, 1.807) is 11.0 Å². The van der Waals surface area contributed by atoms with Crippen LogP contribution < -0.4 is 9.47 Å². The number of amides is 3. The molecule has 0 N–H and O–H groups in total. The molecule has 1 aromatic carbocycles. The maximum absolute atomic E-state index is 12.8. The van der Waals surface area contributed by atoms with Crippen molar-refractivity contribution in [3.63, 3.8) is 0 Å². The first kappa shape index (κ1) is 23.3. The van der Waals surface area contributed by atoms with Crippen LogP contribution in [0.2, 0.25) is 5.02 Å². The van der Waals surface area contributed by atoms with Crippen molar-refractivity contribution < 1.29 is 28.6 Å². The Kier molecular flexibility index (Phi) is 6.39. The maximum Gasteiger partial charge on any atom is 0.260 e. The number of carbonyl (C=O) groups is 3. The zero-order chi connectivity index (χ0) is 24.0. The third kappa shape index (κ3) is 3.91. The zero-order valence-corrected chi connectivity index (χ0v) is 20.8. The number of hydrogen-bond donors (Lipinski definition) is 0. The molecule has 0 spiro atoms. The quantitative estimate of drug-likeness (QED) is 0.306. The van der Waals surface area contributed by atoms with E-state index in [9.17, 15) is 14.4 Å². The summed E-state index contributed by atoms with van der Waals surface area (Å²) in [5.74, 6) is -0.611. The molecular formula is C23H23BrClN3O6. The van der Waals surface area contributed by atoms with Crippen LogP contribution in [0.4, 0.5) is 0 Å². The normalized spacial score (nSPS) is 27.7. The van der Waals surface area contributed by atoms with E-state index in [1.165, 1.54) is 13.3 Å². The van der Waals surface area contributed by atoms with Gasteiger partial charge in [0.2, 0.25) is 0 Å². The Labute approximate surface area is 209 Å². The highest BCUT2D eigenvalue weighted by molar-refractivity contribution is 9.10. The Morgan fingerprint density at radius 2 is 1.88 bits per heavy atom. The molecule has 1 aromatic rings. The molecule has 5 rings (SSSR count). The number of carbonyl (C=O) groups excluding carboxylic acids is 3. The van der Waals surface area contributed by atoms with Crippen molar-refractivity contribution in [3.05, 3.63) is 33.3 Å². The van der Waals surface area contributed by atoms with Crippen molar-refractivity contribution in [1.29, 1.82) is 0 Å². The minimum Gasteiger partial charge on any atom is -0.493 e. The van der Waals surface area contributed by atoms with E-state index in [-0.39, 0.29) is 58.8 Å². The highest BCUT2D eigenvalue weighted by Crippen LogP contribution is 2.52. The number of methoxy groups -OCH3 is 1. The zero-order valence-electron chi connectivity index (χ0n) is 18.4. The minimum atomic E-state index is -0.319. The van der Waals surface area contributed by atoms with Gasteiger partial charge in [-0.3, -0.25) is 14.4 Å². The van der Waals surface area contributed by atoms with Crippen LogP contribution in [0.5, 0.6) is 11.5 Å². The van der Waals surface area contributed by atoms with Crippen LogP contribution in [0.3, 0.4) is 0 Å². The molecule has 1 saturated carbocycles. The van der Waals surface area contributed by atoms with Gasteiger partial charge in [-0.1, -0.05) is 23.8 Å². The van der Waals surface area contributed by atoms with Gasteiger partial charge in [0.25, 0.3) is 17.7 Å². The van der Waals surface area contributed by atoms with Gasteiger partial charge in [-0.25, -0.2) is 0 Å². The summed E-state index contributed by atoms with van der Waals surface area (Å²) < 4.78 is 16.8. The van der Waals surface area contributed by atoms with Crippen LogP contribution in [0, 0.1) is 23.7 Å². The molecule has 2 saturated heterocycles. The van der Waals surface area contributed by atoms with Crippen molar-refractivity contribution in [2.24, 2.45) is 28.8 Å². The minimum absolute atomic E-state index is 0.115. The highest BCUT2D eigenvalue weighted by atomic mass is 79.9. The second-order valence-corrected chi connectivity index (χ2v) is 9.81. The van der Waals surface area contributed by atoms with Crippen molar-refractivity contribution in [2.75, 3.05) is 40.0 Å². The van der Waals surface area contributed by atoms with E-state index in [0.29, 0.717) is 42.1 Å². The fourth-order valence-corrected chi connectivity index (χ4v) is 5.80. The predicted molar refractivity (Wildman–Crippen MR) is 126 cm³/mol. The average Bonchev–Trinajstić information content (AvgIpc) is 3.54. The number of nitrogens with zero attached hydrogens (tertiary/aromatic N) is 3. The third-order valence-corrected chi connectivity index (χ3v) is 8.28. The van der Waals surface area contributed by atoms with Crippen molar-refractivity contribution in [1.82, 2.24) is 9.91 Å². The van der Waals surface area contributed by atoms with Gasteiger partial charge < -0.3 is 19.1 Å². The molecule has 0 radical (unpaired) electrons. The van der Waals surface area contributed by atoms with Crippen molar-refractivity contribution >= 4 is 51.5 Å². The molecule has 4 atom stereocenters. The average molecular weight is 553 g/mol. The summed E-state index contributed by atoms with van der Waals surface area (Å²) >= 11 is 9.94. The summed E-state index contributed by atoms with van der Waals surface area (Å²) in [4.78, 5) is 39.8. The first-order valence-corrected chi connectivity index (χ1v) is 12.2. The summed E-state index contributed by atoms with van der Waals surface area (Å²) in [7, 11) is 1.45. The van der Waals surface area contributed by atoms with Crippen LogP contribution >= 0.6 is 27.5 Å². The number of imide groups is 1.